The van der Waals surface area contributed by atoms with Gasteiger partial charge >= 0.3 is 0 Å². The third-order valence-corrected chi connectivity index (χ3v) is 3.75. The number of hydrogen-bond donors (Lipinski definition) is 2. The van der Waals surface area contributed by atoms with E-state index in [-0.39, 0.29) is 5.84 Å². The van der Waals surface area contributed by atoms with Gasteiger partial charge in [-0.3, -0.25) is 4.68 Å². The van der Waals surface area contributed by atoms with Crippen LogP contribution < -0.4 is 10.5 Å². The number of aromatic nitrogens is 2. The molecule has 21 heavy (non-hydrogen) atoms. The van der Waals surface area contributed by atoms with Gasteiger partial charge in [-0.15, -0.1) is 11.8 Å². The minimum Gasteiger partial charge on any atom is -0.453 e. The average Bonchev–Trinajstić information content (AvgIpc) is 2.95. The van der Waals surface area contributed by atoms with E-state index in [1.165, 1.54) is 0 Å². The summed E-state index contributed by atoms with van der Waals surface area (Å²) >= 11 is 1.61. The van der Waals surface area contributed by atoms with Crippen molar-refractivity contribution in [2.75, 3.05) is 5.75 Å². The second-order valence-electron chi connectivity index (χ2n) is 4.18. The summed E-state index contributed by atoms with van der Waals surface area (Å²) in [5, 5.41) is 16.3. The Hall–Kier alpha value is -2.15. The Morgan fingerprint density at radius 3 is 2.90 bits per heavy atom. The number of oxime groups is 1. The van der Waals surface area contributed by atoms with Crippen LogP contribution in [-0.2, 0) is 6.54 Å². The number of nitrogens with zero attached hydrogens (tertiary/aromatic N) is 3. The maximum Gasteiger partial charge on any atom is 0.175 e. The number of rotatable bonds is 6. The molecule has 2 aromatic rings. The molecular weight excluding hydrogens is 288 g/mol. The van der Waals surface area contributed by atoms with Crippen molar-refractivity contribution < 1.29 is 9.94 Å². The molecule has 0 saturated heterocycles. The van der Waals surface area contributed by atoms with Crippen LogP contribution in [0.3, 0.4) is 0 Å². The van der Waals surface area contributed by atoms with E-state index in [1.807, 2.05) is 26.0 Å². The molecule has 0 saturated carbocycles. The van der Waals surface area contributed by atoms with Crippen molar-refractivity contribution in [2.24, 2.45) is 10.9 Å². The molecular formula is C14H18N4O2S. The molecule has 6 nitrogen and oxygen atoms in total. The second-order valence-corrected chi connectivity index (χ2v) is 5.49. The Morgan fingerprint density at radius 2 is 2.29 bits per heavy atom. The van der Waals surface area contributed by atoms with Crippen molar-refractivity contribution in [1.29, 1.82) is 0 Å². The number of ether oxygens (including phenoxy) is 1. The number of hydrogen-bond acceptors (Lipinski definition) is 5. The predicted molar refractivity (Wildman–Crippen MR) is 83.3 cm³/mol. The van der Waals surface area contributed by atoms with E-state index in [9.17, 15) is 0 Å². The number of nitrogens with two attached hydrogens (primary N) is 1. The molecule has 3 N–H and O–H groups in total. The standard InChI is InChI=1S/C14H18N4O2S/c1-3-18-9-10(8-16-18)20-11-6-5-7-12(21-4-2)13(11)14(15)17-19/h5-9,19H,3-4H2,1-2H3,(H2,15,17). The van der Waals surface area contributed by atoms with Gasteiger partial charge in [0, 0.05) is 11.4 Å². The van der Waals surface area contributed by atoms with Gasteiger partial charge in [0.15, 0.2) is 11.6 Å². The molecule has 0 unspecified atom stereocenters. The summed E-state index contributed by atoms with van der Waals surface area (Å²) in [6.07, 6.45) is 3.44. The van der Waals surface area contributed by atoms with Gasteiger partial charge in [0.1, 0.15) is 5.75 Å². The third kappa shape index (κ3) is 3.49. The van der Waals surface area contributed by atoms with Crippen molar-refractivity contribution >= 4 is 17.6 Å². The van der Waals surface area contributed by atoms with Crippen molar-refractivity contribution in [3.05, 3.63) is 36.2 Å². The molecule has 1 heterocycles. The van der Waals surface area contributed by atoms with E-state index in [4.69, 9.17) is 15.7 Å². The van der Waals surface area contributed by atoms with Crippen LogP contribution in [0.2, 0.25) is 0 Å². The predicted octanol–water partition coefficient (Wildman–Crippen LogP) is 2.90. The van der Waals surface area contributed by atoms with Gasteiger partial charge in [-0.2, -0.15) is 5.10 Å². The minimum atomic E-state index is 0.0319. The van der Waals surface area contributed by atoms with Gasteiger partial charge in [0.2, 0.25) is 0 Å². The fourth-order valence-electron chi connectivity index (χ4n) is 1.87. The highest BCUT2D eigenvalue weighted by atomic mass is 32.2. The average molecular weight is 306 g/mol. The van der Waals surface area contributed by atoms with Crippen LogP contribution in [0, 0.1) is 0 Å². The molecule has 0 aliphatic carbocycles. The summed E-state index contributed by atoms with van der Waals surface area (Å²) in [5.74, 6) is 2.06. The van der Waals surface area contributed by atoms with Crippen molar-refractivity contribution in [2.45, 2.75) is 25.3 Å². The second kappa shape index (κ2) is 7.03. The normalized spacial score (nSPS) is 11.6. The lowest BCUT2D eigenvalue weighted by molar-refractivity contribution is 0.318. The number of amidine groups is 1. The van der Waals surface area contributed by atoms with Crippen LogP contribution in [0.25, 0.3) is 0 Å². The van der Waals surface area contributed by atoms with Gasteiger partial charge in [-0.1, -0.05) is 18.1 Å². The van der Waals surface area contributed by atoms with Gasteiger partial charge < -0.3 is 15.7 Å². The molecule has 112 valence electrons. The van der Waals surface area contributed by atoms with E-state index in [1.54, 1.807) is 34.9 Å². The minimum absolute atomic E-state index is 0.0319. The summed E-state index contributed by atoms with van der Waals surface area (Å²) in [5.41, 5.74) is 6.39. The Bertz CT molecular complexity index is 640. The lowest BCUT2D eigenvalue weighted by Gasteiger charge is -2.12. The van der Waals surface area contributed by atoms with E-state index in [2.05, 4.69) is 10.3 Å². The van der Waals surface area contributed by atoms with E-state index in [0.717, 1.165) is 17.2 Å². The Kier molecular flexibility index (Phi) is 5.10. The summed E-state index contributed by atoms with van der Waals surface area (Å²) in [6, 6.07) is 5.59. The zero-order chi connectivity index (χ0) is 15.2. The first-order chi connectivity index (χ1) is 10.2. The summed E-state index contributed by atoms with van der Waals surface area (Å²) < 4.78 is 7.60. The molecule has 0 spiro atoms. The van der Waals surface area contributed by atoms with Gasteiger partial charge in [-0.05, 0) is 24.8 Å². The van der Waals surface area contributed by atoms with Gasteiger partial charge in [0.25, 0.3) is 0 Å². The van der Waals surface area contributed by atoms with Crippen molar-refractivity contribution in [3.8, 4) is 11.5 Å². The highest BCUT2D eigenvalue weighted by molar-refractivity contribution is 7.99. The first kappa shape index (κ1) is 15.2. The zero-order valence-electron chi connectivity index (χ0n) is 12.0. The zero-order valence-corrected chi connectivity index (χ0v) is 12.8. The molecule has 0 amide bonds. The molecule has 1 aromatic heterocycles. The molecule has 1 aromatic carbocycles. The fourth-order valence-corrected chi connectivity index (χ4v) is 2.71. The molecule has 2 rings (SSSR count). The Balaban J connectivity index is 2.39. The smallest absolute Gasteiger partial charge is 0.175 e. The first-order valence-electron chi connectivity index (χ1n) is 6.63. The lowest BCUT2D eigenvalue weighted by atomic mass is 10.2. The monoisotopic (exact) mass is 306 g/mol. The van der Waals surface area contributed by atoms with Gasteiger partial charge in [-0.25, -0.2) is 0 Å². The maximum atomic E-state index is 9.00. The largest absolute Gasteiger partial charge is 0.453 e. The topological polar surface area (TPSA) is 85.7 Å². The fraction of sp³-hybridized carbons (Fsp3) is 0.286. The molecule has 0 aliphatic rings. The Morgan fingerprint density at radius 1 is 1.48 bits per heavy atom. The summed E-state index contributed by atoms with van der Waals surface area (Å²) in [6.45, 7) is 4.80. The number of aryl methyl sites for hydroxylation is 1. The SMILES string of the molecule is CCSc1cccc(Oc2cnn(CC)c2)c1/C(N)=N/O. The van der Waals surface area contributed by atoms with Crippen molar-refractivity contribution in [1.82, 2.24) is 9.78 Å². The molecule has 0 radical (unpaired) electrons. The summed E-state index contributed by atoms with van der Waals surface area (Å²) in [4.78, 5) is 0.910. The number of thioether (sulfide) groups is 1. The van der Waals surface area contributed by atoms with Crippen LogP contribution >= 0.6 is 11.8 Å². The highest BCUT2D eigenvalue weighted by Crippen LogP contribution is 2.32. The van der Waals surface area contributed by atoms with E-state index < -0.39 is 0 Å². The van der Waals surface area contributed by atoms with Crippen LogP contribution in [0.1, 0.15) is 19.4 Å². The first-order valence-corrected chi connectivity index (χ1v) is 7.62. The quantitative estimate of drug-likeness (QED) is 0.282. The van der Waals surface area contributed by atoms with Crippen LogP contribution in [0.4, 0.5) is 0 Å². The summed E-state index contributed by atoms with van der Waals surface area (Å²) in [7, 11) is 0. The third-order valence-electron chi connectivity index (χ3n) is 2.81. The molecule has 0 bridgehead atoms. The van der Waals surface area contributed by atoms with Crippen molar-refractivity contribution in [3.63, 3.8) is 0 Å². The molecule has 7 heteroatoms. The van der Waals surface area contributed by atoms with Crippen LogP contribution in [-0.4, -0.2) is 26.6 Å². The highest BCUT2D eigenvalue weighted by Gasteiger charge is 2.15. The molecule has 0 aliphatic heterocycles. The number of benzene rings is 1. The maximum absolute atomic E-state index is 9.00. The Labute approximate surface area is 127 Å². The molecule has 0 fully saturated rings. The van der Waals surface area contributed by atoms with E-state index >= 15 is 0 Å². The van der Waals surface area contributed by atoms with Crippen LogP contribution in [0.5, 0.6) is 11.5 Å². The van der Waals surface area contributed by atoms with Crippen LogP contribution in [0.15, 0.2) is 40.6 Å². The lowest BCUT2D eigenvalue weighted by Crippen LogP contribution is -2.15. The molecule has 0 atom stereocenters. The van der Waals surface area contributed by atoms with Gasteiger partial charge in [0.05, 0.1) is 18.0 Å². The van der Waals surface area contributed by atoms with E-state index in [0.29, 0.717) is 17.1 Å².